The number of hydrogen-bond donors (Lipinski definition) is 4. The van der Waals surface area contributed by atoms with Gasteiger partial charge >= 0.3 is 5.97 Å². The Morgan fingerprint density at radius 1 is 1.12 bits per heavy atom. The Balaban J connectivity index is 1.67. The standard InChI is InChI=1S/C25H33N5O4/c1-34-21-8-6-7-19(22(21)30-13-4-2-3-5-14-30)16-28-25(27)29-23(31)18-11-9-17(10-12-18)15-20(26)24(32)33/h6-12,20H,2-5,13-16,26H2,1H3,(H,32,33)(H3,27,28,29,31)/t20-/m0/s1. The van der Waals surface area contributed by atoms with Crippen molar-refractivity contribution in [3.63, 3.8) is 0 Å². The minimum atomic E-state index is -1.07. The van der Waals surface area contributed by atoms with E-state index in [2.05, 4.69) is 15.2 Å². The number of nitrogens with zero attached hydrogens (tertiary/aromatic N) is 2. The zero-order chi connectivity index (χ0) is 24.5. The highest BCUT2D eigenvalue weighted by molar-refractivity contribution is 6.02. The van der Waals surface area contributed by atoms with E-state index in [1.807, 2.05) is 18.2 Å². The summed E-state index contributed by atoms with van der Waals surface area (Å²) in [5.74, 6) is -0.724. The van der Waals surface area contributed by atoms with Crippen LogP contribution in [0.15, 0.2) is 47.5 Å². The fourth-order valence-corrected chi connectivity index (χ4v) is 4.05. The van der Waals surface area contributed by atoms with Crippen LogP contribution in [0.3, 0.4) is 0 Å². The number of aliphatic carboxylic acids is 1. The molecule has 0 radical (unpaired) electrons. The van der Waals surface area contributed by atoms with Crippen molar-refractivity contribution in [2.45, 2.75) is 44.7 Å². The molecule has 34 heavy (non-hydrogen) atoms. The number of carbonyl (C=O) groups excluding carboxylic acids is 1. The Labute approximate surface area is 199 Å². The molecule has 0 aliphatic carbocycles. The molecular formula is C25H33N5O4. The fourth-order valence-electron chi connectivity index (χ4n) is 4.05. The van der Waals surface area contributed by atoms with Crippen LogP contribution in [0, 0.1) is 0 Å². The molecule has 1 aliphatic rings. The Bertz CT molecular complexity index is 1010. The quantitative estimate of drug-likeness (QED) is 0.342. The first kappa shape index (κ1) is 25.0. The van der Waals surface area contributed by atoms with Gasteiger partial charge in [0.25, 0.3) is 5.91 Å². The molecule has 1 fully saturated rings. The molecule has 0 spiro atoms. The van der Waals surface area contributed by atoms with Gasteiger partial charge < -0.3 is 31.5 Å². The molecule has 1 aliphatic heterocycles. The van der Waals surface area contributed by atoms with Gasteiger partial charge in [-0.15, -0.1) is 0 Å². The molecule has 1 atom stereocenters. The molecule has 0 unspecified atom stereocenters. The molecular weight excluding hydrogens is 434 g/mol. The van der Waals surface area contributed by atoms with Gasteiger partial charge in [0.15, 0.2) is 5.96 Å². The largest absolute Gasteiger partial charge is 0.495 e. The Hall–Kier alpha value is -3.59. The van der Waals surface area contributed by atoms with Crippen LogP contribution >= 0.6 is 0 Å². The number of para-hydroxylation sites is 1. The van der Waals surface area contributed by atoms with Crippen LogP contribution in [0.25, 0.3) is 0 Å². The van der Waals surface area contributed by atoms with E-state index < -0.39 is 17.9 Å². The number of nitrogens with two attached hydrogens (primary N) is 2. The number of aliphatic imine (C=N–C) groups is 1. The smallest absolute Gasteiger partial charge is 0.320 e. The van der Waals surface area contributed by atoms with Gasteiger partial charge in [0.05, 0.1) is 12.8 Å². The minimum Gasteiger partial charge on any atom is -0.495 e. The summed E-state index contributed by atoms with van der Waals surface area (Å²) in [6.07, 6.45) is 4.92. The van der Waals surface area contributed by atoms with Crippen LogP contribution in [-0.2, 0) is 17.8 Å². The van der Waals surface area contributed by atoms with E-state index in [9.17, 15) is 9.59 Å². The number of hydrogen-bond acceptors (Lipinski definition) is 5. The first-order valence-electron chi connectivity index (χ1n) is 11.5. The summed E-state index contributed by atoms with van der Waals surface area (Å²) in [5, 5.41) is 12.0. The molecule has 2 aromatic rings. The molecule has 0 saturated carbocycles. The van der Waals surface area contributed by atoms with Gasteiger partial charge in [0.1, 0.15) is 11.8 Å². The van der Waals surface area contributed by atoms with E-state index in [-0.39, 0.29) is 12.4 Å². The van der Waals surface area contributed by atoms with Crippen LogP contribution in [0.2, 0.25) is 0 Å². The second-order valence-electron chi connectivity index (χ2n) is 8.37. The van der Waals surface area contributed by atoms with Gasteiger partial charge in [-0.05, 0) is 48.6 Å². The molecule has 2 aromatic carbocycles. The summed E-state index contributed by atoms with van der Waals surface area (Å²) >= 11 is 0. The van der Waals surface area contributed by atoms with E-state index >= 15 is 0 Å². The highest BCUT2D eigenvalue weighted by atomic mass is 16.5. The maximum Gasteiger partial charge on any atom is 0.320 e. The Morgan fingerprint density at radius 2 is 1.79 bits per heavy atom. The molecule has 9 nitrogen and oxygen atoms in total. The van der Waals surface area contributed by atoms with Gasteiger partial charge in [0, 0.05) is 25.2 Å². The maximum absolute atomic E-state index is 12.5. The molecule has 6 N–H and O–H groups in total. The second kappa shape index (κ2) is 12.0. The van der Waals surface area contributed by atoms with Crippen LogP contribution in [-0.4, -0.2) is 49.2 Å². The minimum absolute atomic E-state index is 0.0200. The lowest BCUT2D eigenvalue weighted by Crippen LogP contribution is -2.33. The van der Waals surface area contributed by atoms with Crippen LogP contribution in [0.5, 0.6) is 5.75 Å². The summed E-state index contributed by atoms with van der Waals surface area (Å²) in [4.78, 5) is 29.7. The van der Waals surface area contributed by atoms with Crippen molar-refractivity contribution >= 4 is 23.5 Å². The lowest BCUT2D eigenvalue weighted by Gasteiger charge is -2.27. The van der Waals surface area contributed by atoms with Gasteiger partial charge in [-0.25, -0.2) is 0 Å². The van der Waals surface area contributed by atoms with Crippen molar-refractivity contribution in [3.8, 4) is 5.75 Å². The van der Waals surface area contributed by atoms with Gasteiger partial charge in [-0.2, -0.15) is 4.99 Å². The van der Waals surface area contributed by atoms with Crippen molar-refractivity contribution in [1.82, 2.24) is 5.32 Å². The number of methoxy groups -OCH3 is 1. The zero-order valence-corrected chi connectivity index (χ0v) is 19.5. The highest BCUT2D eigenvalue weighted by Gasteiger charge is 2.18. The summed E-state index contributed by atoms with van der Waals surface area (Å²) in [6, 6.07) is 11.4. The number of carboxylic acid groups (broad SMARTS) is 1. The Morgan fingerprint density at radius 3 is 2.41 bits per heavy atom. The number of nitrogens with one attached hydrogen (secondary N) is 1. The van der Waals surface area contributed by atoms with E-state index in [1.54, 1.807) is 31.4 Å². The monoisotopic (exact) mass is 467 g/mol. The molecule has 1 heterocycles. The second-order valence-corrected chi connectivity index (χ2v) is 8.37. The van der Waals surface area contributed by atoms with Gasteiger partial charge in [-0.3, -0.25) is 9.59 Å². The molecule has 9 heteroatoms. The molecule has 1 amide bonds. The molecule has 182 valence electrons. The third-order valence-corrected chi connectivity index (χ3v) is 5.88. The van der Waals surface area contributed by atoms with Crippen molar-refractivity contribution in [3.05, 3.63) is 59.2 Å². The lowest BCUT2D eigenvalue weighted by molar-refractivity contribution is -0.138. The third kappa shape index (κ3) is 6.71. The molecule has 3 rings (SSSR count). The van der Waals surface area contributed by atoms with Crippen molar-refractivity contribution < 1.29 is 19.4 Å². The number of rotatable bonds is 8. The van der Waals surface area contributed by atoms with Crippen molar-refractivity contribution in [2.75, 3.05) is 25.1 Å². The van der Waals surface area contributed by atoms with Gasteiger partial charge in [-0.1, -0.05) is 37.1 Å². The zero-order valence-electron chi connectivity index (χ0n) is 19.5. The number of carboxylic acids is 1. The fraction of sp³-hybridized carbons (Fsp3) is 0.400. The number of anilines is 1. The summed E-state index contributed by atoms with van der Waals surface area (Å²) in [5.41, 5.74) is 14.7. The maximum atomic E-state index is 12.5. The van der Waals surface area contributed by atoms with Crippen molar-refractivity contribution in [2.24, 2.45) is 16.5 Å². The number of ether oxygens (including phenoxy) is 1. The number of guanidine groups is 1. The number of amides is 1. The summed E-state index contributed by atoms with van der Waals surface area (Å²) in [7, 11) is 1.67. The van der Waals surface area contributed by atoms with E-state index in [0.717, 1.165) is 48.5 Å². The normalized spacial score (nSPS) is 15.4. The number of benzene rings is 2. The average Bonchev–Trinajstić information content (AvgIpc) is 3.12. The molecule has 1 saturated heterocycles. The summed E-state index contributed by atoms with van der Waals surface area (Å²) < 4.78 is 5.63. The first-order chi connectivity index (χ1) is 16.4. The highest BCUT2D eigenvalue weighted by Crippen LogP contribution is 2.33. The molecule has 0 bridgehead atoms. The predicted octanol–water partition coefficient (Wildman–Crippen LogP) is 2.27. The Kier molecular flexibility index (Phi) is 8.86. The lowest BCUT2D eigenvalue weighted by atomic mass is 10.0. The molecule has 0 aromatic heterocycles. The summed E-state index contributed by atoms with van der Waals surface area (Å²) in [6.45, 7) is 2.35. The van der Waals surface area contributed by atoms with Crippen LogP contribution in [0.1, 0.15) is 47.2 Å². The number of carbonyl (C=O) groups is 2. The average molecular weight is 468 g/mol. The first-order valence-corrected chi connectivity index (χ1v) is 11.5. The van der Waals surface area contributed by atoms with Crippen LogP contribution in [0.4, 0.5) is 5.69 Å². The van der Waals surface area contributed by atoms with Gasteiger partial charge in [0.2, 0.25) is 0 Å². The van der Waals surface area contributed by atoms with Crippen molar-refractivity contribution in [1.29, 1.82) is 0 Å². The SMILES string of the molecule is COc1cccc(CN/C(N)=N/C(=O)c2ccc(C[C@H](N)C(=O)O)cc2)c1N1CCCCCC1. The van der Waals surface area contributed by atoms with E-state index in [4.69, 9.17) is 21.3 Å². The predicted molar refractivity (Wildman–Crippen MR) is 132 cm³/mol. The third-order valence-electron chi connectivity index (χ3n) is 5.88. The van der Waals surface area contributed by atoms with E-state index in [0.29, 0.717) is 12.1 Å². The topological polar surface area (TPSA) is 143 Å². The van der Waals surface area contributed by atoms with Crippen LogP contribution < -0.4 is 26.4 Å². The van der Waals surface area contributed by atoms with E-state index in [1.165, 1.54) is 12.8 Å².